The molecule has 0 saturated carbocycles. The lowest BCUT2D eigenvalue weighted by atomic mass is 9.96. The molecule has 1 unspecified atom stereocenters. The monoisotopic (exact) mass is 262 g/mol. The van der Waals surface area contributed by atoms with Crippen LogP contribution in [0.4, 0.5) is 8.78 Å². The van der Waals surface area contributed by atoms with Crippen molar-refractivity contribution in [3.63, 3.8) is 0 Å². The van der Waals surface area contributed by atoms with E-state index in [9.17, 15) is 8.78 Å². The van der Waals surface area contributed by atoms with E-state index in [0.717, 1.165) is 11.1 Å². The Morgan fingerprint density at radius 3 is 2.32 bits per heavy atom. The van der Waals surface area contributed by atoms with E-state index >= 15 is 0 Å². The molecule has 19 heavy (non-hydrogen) atoms. The van der Waals surface area contributed by atoms with Gasteiger partial charge in [-0.2, -0.15) is 0 Å². The number of nitrogens with two attached hydrogens (primary N) is 1. The number of hydrazine groups is 1. The van der Waals surface area contributed by atoms with Crippen LogP contribution in [0.1, 0.15) is 28.3 Å². The van der Waals surface area contributed by atoms with E-state index in [2.05, 4.69) is 5.43 Å². The van der Waals surface area contributed by atoms with Crippen LogP contribution in [-0.4, -0.2) is 0 Å². The van der Waals surface area contributed by atoms with E-state index in [0.29, 0.717) is 11.1 Å². The van der Waals surface area contributed by atoms with Gasteiger partial charge in [0.05, 0.1) is 6.04 Å². The number of hydrogen-bond acceptors (Lipinski definition) is 2. The average molecular weight is 262 g/mol. The van der Waals surface area contributed by atoms with Crippen molar-refractivity contribution in [2.24, 2.45) is 5.84 Å². The van der Waals surface area contributed by atoms with Crippen molar-refractivity contribution in [3.8, 4) is 0 Å². The minimum absolute atomic E-state index is 0.269. The van der Waals surface area contributed by atoms with Gasteiger partial charge in [0.1, 0.15) is 11.6 Å². The molecule has 2 nitrogen and oxygen atoms in total. The molecule has 2 rings (SSSR count). The Labute approximate surface area is 111 Å². The van der Waals surface area contributed by atoms with Crippen molar-refractivity contribution in [3.05, 3.63) is 70.3 Å². The third-order valence-electron chi connectivity index (χ3n) is 3.08. The van der Waals surface area contributed by atoms with Crippen molar-refractivity contribution in [2.45, 2.75) is 19.9 Å². The number of nitrogens with one attached hydrogen (secondary N) is 1. The first-order valence-electron chi connectivity index (χ1n) is 6.00. The van der Waals surface area contributed by atoms with Crippen molar-refractivity contribution in [1.82, 2.24) is 5.43 Å². The molecule has 0 radical (unpaired) electrons. The van der Waals surface area contributed by atoms with Gasteiger partial charge in [-0.1, -0.05) is 18.2 Å². The van der Waals surface area contributed by atoms with E-state index in [4.69, 9.17) is 5.84 Å². The van der Waals surface area contributed by atoms with E-state index < -0.39 is 0 Å². The number of halogens is 2. The normalized spacial score (nSPS) is 12.5. The first kappa shape index (κ1) is 13.6. The average Bonchev–Trinajstić information content (AvgIpc) is 2.33. The van der Waals surface area contributed by atoms with Gasteiger partial charge in [-0.3, -0.25) is 5.84 Å². The lowest BCUT2D eigenvalue weighted by Crippen LogP contribution is -2.29. The summed E-state index contributed by atoms with van der Waals surface area (Å²) in [5, 5.41) is 0. The van der Waals surface area contributed by atoms with Crippen LogP contribution >= 0.6 is 0 Å². The minimum Gasteiger partial charge on any atom is -0.271 e. The molecule has 0 heterocycles. The summed E-state index contributed by atoms with van der Waals surface area (Å²) in [6.45, 7) is 3.50. The fourth-order valence-corrected chi connectivity index (χ4v) is 2.16. The molecule has 0 aliphatic rings. The third-order valence-corrected chi connectivity index (χ3v) is 3.08. The molecule has 0 saturated heterocycles. The highest BCUT2D eigenvalue weighted by Crippen LogP contribution is 2.24. The van der Waals surface area contributed by atoms with Gasteiger partial charge in [-0.15, -0.1) is 0 Å². The molecule has 0 amide bonds. The lowest BCUT2D eigenvalue weighted by molar-refractivity contribution is 0.597. The highest BCUT2D eigenvalue weighted by atomic mass is 19.1. The maximum atomic E-state index is 13.5. The van der Waals surface area contributed by atoms with Gasteiger partial charge >= 0.3 is 0 Å². The summed E-state index contributed by atoms with van der Waals surface area (Å²) in [6, 6.07) is 9.11. The van der Waals surface area contributed by atoms with Crippen LogP contribution in [0.15, 0.2) is 36.4 Å². The molecular weight excluding hydrogens is 246 g/mol. The molecule has 2 aromatic rings. The van der Waals surface area contributed by atoms with Crippen molar-refractivity contribution in [1.29, 1.82) is 0 Å². The highest BCUT2D eigenvalue weighted by molar-refractivity contribution is 5.36. The highest BCUT2D eigenvalue weighted by Gasteiger charge is 2.14. The molecule has 2 aromatic carbocycles. The lowest BCUT2D eigenvalue weighted by Gasteiger charge is -2.18. The van der Waals surface area contributed by atoms with Crippen molar-refractivity contribution >= 4 is 0 Å². The van der Waals surface area contributed by atoms with Gasteiger partial charge in [0.15, 0.2) is 0 Å². The Bertz CT molecular complexity index is 576. The fraction of sp³-hybridized carbons (Fsp3) is 0.200. The second-order valence-corrected chi connectivity index (χ2v) is 4.67. The summed E-state index contributed by atoms with van der Waals surface area (Å²) in [5.41, 5.74) is 5.51. The summed E-state index contributed by atoms with van der Waals surface area (Å²) in [7, 11) is 0. The van der Waals surface area contributed by atoms with Crippen molar-refractivity contribution < 1.29 is 8.78 Å². The van der Waals surface area contributed by atoms with Gasteiger partial charge in [0, 0.05) is 0 Å². The Morgan fingerprint density at radius 1 is 1.00 bits per heavy atom. The number of hydrogen-bond donors (Lipinski definition) is 2. The van der Waals surface area contributed by atoms with Crippen LogP contribution < -0.4 is 11.3 Å². The number of benzene rings is 2. The predicted octanol–water partition coefficient (Wildman–Crippen LogP) is 3.13. The van der Waals surface area contributed by atoms with Crippen LogP contribution in [0, 0.1) is 25.5 Å². The Balaban J connectivity index is 2.46. The van der Waals surface area contributed by atoms with E-state index in [1.807, 2.05) is 13.0 Å². The van der Waals surface area contributed by atoms with Gasteiger partial charge < -0.3 is 0 Å². The first-order valence-corrected chi connectivity index (χ1v) is 6.00. The van der Waals surface area contributed by atoms with Crippen LogP contribution in [0.3, 0.4) is 0 Å². The zero-order valence-corrected chi connectivity index (χ0v) is 10.9. The Morgan fingerprint density at radius 2 is 1.74 bits per heavy atom. The zero-order chi connectivity index (χ0) is 14.0. The molecule has 100 valence electrons. The van der Waals surface area contributed by atoms with Crippen LogP contribution in [0.5, 0.6) is 0 Å². The largest absolute Gasteiger partial charge is 0.271 e. The van der Waals surface area contributed by atoms with Gasteiger partial charge in [-0.05, 0) is 54.3 Å². The number of rotatable bonds is 3. The quantitative estimate of drug-likeness (QED) is 0.658. The summed E-state index contributed by atoms with van der Waals surface area (Å²) in [6.07, 6.45) is 0. The van der Waals surface area contributed by atoms with Crippen LogP contribution in [0.2, 0.25) is 0 Å². The first-order chi connectivity index (χ1) is 9.01. The maximum absolute atomic E-state index is 13.5. The molecule has 0 fully saturated rings. The van der Waals surface area contributed by atoms with E-state index in [1.54, 1.807) is 19.1 Å². The minimum atomic E-state index is -0.367. The molecular formula is C15H16F2N2. The summed E-state index contributed by atoms with van der Waals surface area (Å²) >= 11 is 0. The summed E-state index contributed by atoms with van der Waals surface area (Å²) < 4.78 is 26.7. The SMILES string of the molecule is Cc1cc(F)cc(C(NN)c2ccc(F)c(C)c2)c1. The smallest absolute Gasteiger partial charge is 0.126 e. The fourth-order valence-electron chi connectivity index (χ4n) is 2.16. The Kier molecular flexibility index (Phi) is 3.93. The van der Waals surface area contributed by atoms with Gasteiger partial charge in [0.25, 0.3) is 0 Å². The molecule has 0 aliphatic carbocycles. The number of aryl methyl sites for hydroxylation is 2. The Hall–Kier alpha value is -1.78. The predicted molar refractivity (Wildman–Crippen MR) is 71.4 cm³/mol. The molecule has 0 spiro atoms. The zero-order valence-electron chi connectivity index (χ0n) is 10.9. The third kappa shape index (κ3) is 2.97. The van der Waals surface area contributed by atoms with Gasteiger partial charge in [0.2, 0.25) is 0 Å². The summed E-state index contributed by atoms with van der Waals surface area (Å²) in [4.78, 5) is 0. The molecule has 4 heteroatoms. The second kappa shape index (κ2) is 5.47. The molecule has 0 aromatic heterocycles. The van der Waals surface area contributed by atoms with Crippen LogP contribution in [-0.2, 0) is 0 Å². The molecule has 1 atom stereocenters. The molecule has 0 bridgehead atoms. The topological polar surface area (TPSA) is 38.0 Å². The standard InChI is InChI=1S/C15H16F2N2/c1-9-5-12(8-13(16)6-9)15(19-18)11-3-4-14(17)10(2)7-11/h3-8,15,19H,18H2,1-2H3. The summed E-state index contributed by atoms with van der Waals surface area (Å²) in [5.74, 6) is 4.98. The maximum Gasteiger partial charge on any atom is 0.126 e. The van der Waals surface area contributed by atoms with Crippen molar-refractivity contribution in [2.75, 3.05) is 0 Å². The van der Waals surface area contributed by atoms with E-state index in [-0.39, 0.29) is 17.7 Å². The van der Waals surface area contributed by atoms with Crippen LogP contribution in [0.25, 0.3) is 0 Å². The second-order valence-electron chi connectivity index (χ2n) is 4.67. The molecule has 3 N–H and O–H groups in total. The van der Waals surface area contributed by atoms with E-state index in [1.165, 1.54) is 18.2 Å². The van der Waals surface area contributed by atoms with Gasteiger partial charge in [-0.25, -0.2) is 14.2 Å². The molecule has 0 aliphatic heterocycles.